The summed E-state index contributed by atoms with van der Waals surface area (Å²) in [6.45, 7) is 12.7. The minimum atomic E-state index is -0.660. The molecule has 2 N–H and O–H groups in total. The zero-order valence-corrected chi connectivity index (χ0v) is 12.4. The molecule has 2 fully saturated rings. The Kier molecular flexibility index (Phi) is 3.02. The molecule has 1 spiro atoms. The lowest BCUT2D eigenvalue weighted by atomic mass is 9.72. The Labute approximate surface area is 110 Å². The second-order valence-electron chi connectivity index (χ2n) is 7.50. The van der Waals surface area contributed by atoms with Gasteiger partial charge in [-0.25, -0.2) is 0 Å². The van der Waals surface area contributed by atoms with Crippen LogP contribution in [-0.2, 0) is 9.53 Å². The second-order valence-corrected chi connectivity index (χ2v) is 7.50. The van der Waals surface area contributed by atoms with E-state index in [1.54, 1.807) is 0 Å². The molecular formula is C14H26N2O2. The van der Waals surface area contributed by atoms with Gasteiger partial charge in [0.2, 0.25) is 0 Å². The van der Waals surface area contributed by atoms with Crippen molar-refractivity contribution in [3.05, 3.63) is 0 Å². The minimum Gasteiger partial charge on any atom is -0.342 e. The summed E-state index contributed by atoms with van der Waals surface area (Å²) in [6.07, 6.45) is 1.29. The molecule has 18 heavy (non-hydrogen) atoms. The maximum atomic E-state index is 12.4. The lowest BCUT2D eigenvalue weighted by molar-refractivity contribution is -0.148. The molecule has 4 nitrogen and oxygen atoms in total. The molecular weight excluding hydrogens is 228 g/mol. The van der Waals surface area contributed by atoms with E-state index in [0.29, 0.717) is 5.92 Å². The third-order valence-electron chi connectivity index (χ3n) is 3.78. The quantitative estimate of drug-likeness (QED) is 0.750. The first-order valence-corrected chi connectivity index (χ1v) is 6.83. The molecule has 2 aliphatic heterocycles. The third-order valence-corrected chi connectivity index (χ3v) is 3.78. The van der Waals surface area contributed by atoms with Crippen LogP contribution in [0.15, 0.2) is 0 Å². The van der Waals surface area contributed by atoms with Gasteiger partial charge in [-0.2, -0.15) is 0 Å². The van der Waals surface area contributed by atoms with Gasteiger partial charge in [0.1, 0.15) is 6.23 Å². The van der Waals surface area contributed by atoms with Crippen LogP contribution in [0.1, 0.15) is 54.4 Å². The van der Waals surface area contributed by atoms with Crippen molar-refractivity contribution in [2.45, 2.75) is 77.3 Å². The summed E-state index contributed by atoms with van der Waals surface area (Å²) < 4.78 is 6.13. The lowest BCUT2D eigenvalue weighted by Gasteiger charge is -2.49. The average Bonchev–Trinajstić information content (AvgIpc) is 2.37. The van der Waals surface area contributed by atoms with Crippen LogP contribution in [0.3, 0.4) is 0 Å². The van der Waals surface area contributed by atoms with Gasteiger partial charge in [0.15, 0.2) is 5.60 Å². The molecule has 1 amide bonds. The van der Waals surface area contributed by atoms with Crippen molar-refractivity contribution < 1.29 is 9.53 Å². The average molecular weight is 254 g/mol. The van der Waals surface area contributed by atoms with Crippen LogP contribution in [-0.4, -0.2) is 28.8 Å². The largest absolute Gasteiger partial charge is 0.342 e. The Morgan fingerprint density at radius 2 is 1.67 bits per heavy atom. The number of nitrogens with one attached hydrogen (secondary N) is 2. The van der Waals surface area contributed by atoms with Crippen molar-refractivity contribution in [1.29, 1.82) is 0 Å². The number of carbonyl (C=O) groups is 1. The lowest BCUT2D eigenvalue weighted by Crippen LogP contribution is -2.65. The first kappa shape index (κ1) is 13.8. The van der Waals surface area contributed by atoms with Gasteiger partial charge < -0.3 is 15.4 Å². The molecule has 0 aromatic rings. The maximum absolute atomic E-state index is 12.4. The van der Waals surface area contributed by atoms with E-state index in [-0.39, 0.29) is 23.2 Å². The van der Waals surface area contributed by atoms with Gasteiger partial charge in [-0.15, -0.1) is 0 Å². The molecule has 1 unspecified atom stereocenters. The highest BCUT2D eigenvalue weighted by molar-refractivity contribution is 5.87. The van der Waals surface area contributed by atoms with E-state index in [2.05, 4.69) is 52.2 Å². The van der Waals surface area contributed by atoms with Crippen molar-refractivity contribution in [2.24, 2.45) is 5.92 Å². The Balaban J connectivity index is 2.28. The van der Waals surface area contributed by atoms with E-state index in [0.717, 1.165) is 12.8 Å². The van der Waals surface area contributed by atoms with Crippen LogP contribution < -0.4 is 10.6 Å². The molecule has 0 aromatic carbocycles. The Morgan fingerprint density at radius 1 is 1.17 bits per heavy atom. The van der Waals surface area contributed by atoms with Crippen molar-refractivity contribution in [2.75, 3.05) is 0 Å². The molecule has 104 valence electrons. The Bertz CT molecular complexity index is 345. The zero-order valence-electron chi connectivity index (χ0n) is 12.4. The van der Waals surface area contributed by atoms with Gasteiger partial charge in [0.05, 0.1) is 0 Å². The summed E-state index contributed by atoms with van der Waals surface area (Å²) in [5.41, 5.74) is -0.844. The molecule has 2 saturated heterocycles. The smallest absolute Gasteiger partial charge is 0.254 e. The normalized spacial score (nSPS) is 32.8. The number of ether oxygens (including phenoxy) is 1. The number of amides is 1. The molecule has 2 aliphatic rings. The predicted octanol–water partition coefficient (Wildman–Crippen LogP) is 1.79. The van der Waals surface area contributed by atoms with Crippen LogP contribution in [0.5, 0.6) is 0 Å². The van der Waals surface area contributed by atoms with Crippen molar-refractivity contribution >= 4 is 5.91 Å². The van der Waals surface area contributed by atoms with E-state index < -0.39 is 5.60 Å². The molecule has 2 rings (SSSR count). The number of hydrogen-bond acceptors (Lipinski definition) is 3. The zero-order chi connectivity index (χ0) is 13.8. The molecule has 0 aromatic heterocycles. The summed E-state index contributed by atoms with van der Waals surface area (Å²) in [4.78, 5) is 12.4. The fraction of sp³-hybridized carbons (Fsp3) is 0.929. The van der Waals surface area contributed by atoms with Crippen LogP contribution in [0.2, 0.25) is 0 Å². The van der Waals surface area contributed by atoms with Gasteiger partial charge in [-0.05, 0) is 33.6 Å². The predicted molar refractivity (Wildman–Crippen MR) is 71.1 cm³/mol. The molecule has 4 heteroatoms. The van der Waals surface area contributed by atoms with Crippen molar-refractivity contribution in [3.8, 4) is 0 Å². The molecule has 0 radical (unpaired) electrons. The first-order chi connectivity index (χ1) is 8.05. The van der Waals surface area contributed by atoms with Gasteiger partial charge in [-0.3, -0.25) is 4.79 Å². The maximum Gasteiger partial charge on any atom is 0.254 e. The van der Waals surface area contributed by atoms with Crippen LogP contribution in [0, 0.1) is 5.92 Å². The van der Waals surface area contributed by atoms with Gasteiger partial charge >= 0.3 is 0 Å². The van der Waals surface area contributed by atoms with Gasteiger partial charge in [0, 0.05) is 23.9 Å². The molecule has 2 heterocycles. The summed E-state index contributed by atoms with van der Waals surface area (Å²) in [6, 6.07) is 0. The van der Waals surface area contributed by atoms with Crippen LogP contribution in [0.25, 0.3) is 0 Å². The van der Waals surface area contributed by atoms with Gasteiger partial charge in [-0.1, -0.05) is 13.8 Å². The standard InChI is InChI=1S/C14H26N2O2/c1-9(2)10-15-11(17)14(18-10)7-12(3,4)16-13(5,6)8-14/h9-10,16H,7-8H2,1-6H3,(H,15,17). The van der Waals surface area contributed by atoms with E-state index in [1.807, 2.05) is 0 Å². The fourth-order valence-electron chi connectivity index (χ4n) is 3.63. The van der Waals surface area contributed by atoms with E-state index >= 15 is 0 Å². The number of rotatable bonds is 1. The highest BCUT2D eigenvalue weighted by Crippen LogP contribution is 2.42. The topological polar surface area (TPSA) is 50.4 Å². The molecule has 0 bridgehead atoms. The summed E-state index contributed by atoms with van der Waals surface area (Å²) >= 11 is 0. The Hall–Kier alpha value is -0.610. The third kappa shape index (κ3) is 2.41. The Morgan fingerprint density at radius 3 is 2.06 bits per heavy atom. The summed E-state index contributed by atoms with van der Waals surface area (Å²) in [7, 11) is 0. The second kappa shape index (κ2) is 3.94. The monoisotopic (exact) mass is 254 g/mol. The molecule has 0 saturated carbocycles. The van der Waals surface area contributed by atoms with Crippen molar-refractivity contribution in [1.82, 2.24) is 10.6 Å². The summed E-state index contributed by atoms with van der Waals surface area (Å²) in [5, 5.41) is 6.59. The SMILES string of the molecule is CC(C)C1NC(=O)C2(CC(C)(C)NC(C)(C)C2)O1. The summed E-state index contributed by atoms with van der Waals surface area (Å²) in [5.74, 6) is 0.360. The van der Waals surface area contributed by atoms with Gasteiger partial charge in [0.25, 0.3) is 5.91 Å². The fourth-order valence-corrected chi connectivity index (χ4v) is 3.63. The number of hydrogen-bond donors (Lipinski definition) is 2. The van der Waals surface area contributed by atoms with E-state index in [9.17, 15) is 4.79 Å². The van der Waals surface area contributed by atoms with Crippen LogP contribution in [0.4, 0.5) is 0 Å². The minimum absolute atomic E-state index is 0.0591. The van der Waals surface area contributed by atoms with E-state index in [1.165, 1.54) is 0 Å². The van der Waals surface area contributed by atoms with E-state index in [4.69, 9.17) is 4.74 Å². The van der Waals surface area contributed by atoms with Crippen molar-refractivity contribution in [3.63, 3.8) is 0 Å². The number of carbonyl (C=O) groups excluding carboxylic acids is 1. The van der Waals surface area contributed by atoms with Crippen LogP contribution >= 0.6 is 0 Å². The number of piperidine rings is 1. The molecule has 1 atom stereocenters. The molecule has 0 aliphatic carbocycles. The highest BCUT2D eigenvalue weighted by atomic mass is 16.5. The first-order valence-electron chi connectivity index (χ1n) is 6.83. The highest BCUT2D eigenvalue weighted by Gasteiger charge is 2.57.